The molecule has 0 aromatic heterocycles. The minimum atomic E-state index is -0.190. The molecule has 1 aliphatic rings. The van der Waals surface area contributed by atoms with Crippen LogP contribution in [0.5, 0.6) is 0 Å². The van der Waals surface area contributed by atoms with Crippen LogP contribution in [0.1, 0.15) is 17.5 Å². The Morgan fingerprint density at radius 2 is 2.24 bits per heavy atom. The van der Waals surface area contributed by atoms with E-state index in [-0.39, 0.29) is 11.9 Å². The summed E-state index contributed by atoms with van der Waals surface area (Å²) in [4.78, 5) is 11.6. The van der Waals surface area contributed by atoms with Gasteiger partial charge in [0.2, 0.25) is 0 Å². The van der Waals surface area contributed by atoms with Gasteiger partial charge in [-0.2, -0.15) is 5.10 Å². The summed E-state index contributed by atoms with van der Waals surface area (Å²) in [6.07, 6.45) is 2.42. The zero-order valence-electron chi connectivity index (χ0n) is 9.73. The van der Waals surface area contributed by atoms with Crippen LogP contribution in [0.4, 0.5) is 0 Å². The van der Waals surface area contributed by atoms with Crippen LogP contribution in [-0.2, 0) is 4.79 Å². The van der Waals surface area contributed by atoms with Crippen LogP contribution in [0.3, 0.4) is 0 Å². The van der Waals surface area contributed by atoms with Gasteiger partial charge in [-0.15, -0.1) is 0 Å². The Balaban J connectivity index is 1.84. The maximum atomic E-state index is 11.6. The predicted molar refractivity (Wildman–Crippen MR) is 66.5 cm³/mol. The number of benzene rings is 1. The number of carbonyl (C=O) groups is 1. The molecule has 1 fully saturated rings. The van der Waals surface area contributed by atoms with Crippen molar-refractivity contribution in [1.29, 1.82) is 0 Å². The molecule has 5 heteroatoms. The van der Waals surface area contributed by atoms with Crippen LogP contribution in [0.2, 0.25) is 0 Å². The fourth-order valence-electron chi connectivity index (χ4n) is 1.58. The maximum Gasteiger partial charge on any atom is 0.258 e. The van der Waals surface area contributed by atoms with Crippen molar-refractivity contribution in [2.24, 2.45) is 5.10 Å². The Morgan fingerprint density at radius 3 is 2.88 bits per heavy atom. The minimum absolute atomic E-state index is 0.113. The minimum Gasteiger partial charge on any atom is -0.271 e. The van der Waals surface area contributed by atoms with Crippen LogP contribution in [0, 0.1) is 6.92 Å². The number of amides is 1. The van der Waals surface area contributed by atoms with Crippen molar-refractivity contribution >= 4 is 12.1 Å². The van der Waals surface area contributed by atoms with Crippen molar-refractivity contribution in [3.63, 3.8) is 0 Å². The van der Waals surface area contributed by atoms with Crippen LogP contribution < -0.4 is 16.3 Å². The number of nitrogens with one attached hydrogen (secondary N) is 3. The van der Waals surface area contributed by atoms with Gasteiger partial charge in [-0.1, -0.05) is 29.8 Å². The van der Waals surface area contributed by atoms with Gasteiger partial charge < -0.3 is 0 Å². The average molecular weight is 232 g/mol. The van der Waals surface area contributed by atoms with Gasteiger partial charge in [0.15, 0.2) is 0 Å². The molecule has 2 rings (SSSR count). The van der Waals surface area contributed by atoms with E-state index in [1.54, 1.807) is 6.21 Å². The highest BCUT2D eigenvalue weighted by Crippen LogP contribution is 2.00. The lowest BCUT2D eigenvalue weighted by molar-refractivity contribution is -0.122. The molecule has 1 aromatic carbocycles. The van der Waals surface area contributed by atoms with Gasteiger partial charge >= 0.3 is 0 Å². The molecular formula is C12H16N4O. The Hall–Kier alpha value is -1.72. The zero-order chi connectivity index (χ0) is 12.1. The molecule has 0 bridgehead atoms. The Bertz CT molecular complexity index is 407. The first-order valence-corrected chi connectivity index (χ1v) is 5.64. The summed E-state index contributed by atoms with van der Waals surface area (Å²) in [5.74, 6) is -0.113. The summed E-state index contributed by atoms with van der Waals surface area (Å²) < 4.78 is 0. The largest absolute Gasteiger partial charge is 0.271 e. The van der Waals surface area contributed by atoms with Gasteiger partial charge in [0.25, 0.3) is 5.91 Å². The molecule has 0 aliphatic carbocycles. The van der Waals surface area contributed by atoms with Crippen LogP contribution >= 0.6 is 0 Å². The summed E-state index contributed by atoms with van der Waals surface area (Å²) in [6, 6.07) is 7.74. The predicted octanol–water partition coefficient (Wildman–Crippen LogP) is 0.312. The summed E-state index contributed by atoms with van der Waals surface area (Å²) in [7, 11) is 0. The monoisotopic (exact) mass is 232 g/mol. The van der Waals surface area contributed by atoms with E-state index in [4.69, 9.17) is 0 Å². The Labute approximate surface area is 100 Å². The average Bonchev–Trinajstić information content (AvgIpc) is 2.85. The molecular weight excluding hydrogens is 216 g/mol. The van der Waals surface area contributed by atoms with Crippen molar-refractivity contribution < 1.29 is 4.79 Å². The van der Waals surface area contributed by atoms with Crippen molar-refractivity contribution in [3.05, 3.63) is 35.4 Å². The molecule has 0 saturated carbocycles. The fourth-order valence-corrected chi connectivity index (χ4v) is 1.58. The lowest BCUT2D eigenvalue weighted by Gasteiger charge is -2.06. The number of carbonyl (C=O) groups excluding carboxylic acids is 1. The molecule has 1 saturated heterocycles. The van der Waals surface area contributed by atoms with Gasteiger partial charge in [0.05, 0.1) is 6.21 Å². The van der Waals surface area contributed by atoms with E-state index in [0.717, 1.165) is 18.5 Å². The second kappa shape index (κ2) is 5.56. The maximum absolute atomic E-state index is 11.6. The molecule has 5 nitrogen and oxygen atoms in total. The number of hydrogen-bond acceptors (Lipinski definition) is 4. The summed E-state index contributed by atoms with van der Waals surface area (Å²) in [5.41, 5.74) is 10.5. The number of hydrogen-bond donors (Lipinski definition) is 3. The first-order chi connectivity index (χ1) is 8.25. The smallest absolute Gasteiger partial charge is 0.258 e. The van der Waals surface area contributed by atoms with Crippen LogP contribution in [0.15, 0.2) is 29.4 Å². The molecule has 1 aromatic rings. The third-order valence-electron chi connectivity index (χ3n) is 2.62. The second-order valence-corrected chi connectivity index (χ2v) is 4.06. The number of rotatable bonds is 3. The molecule has 17 heavy (non-hydrogen) atoms. The van der Waals surface area contributed by atoms with Crippen LogP contribution in [0.25, 0.3) is 0 Å². The van der Waals surface area contributed by atoms with E-state index in [2.05, 4.69) is 21.4 Å². The number of aryl methyl sites for hydroxylation is 1. The quantitative estimate of drug-likeness (QED) is 0.519. The molecule has 0 radical (unpaired) electrons. The first-order valence-electron chi connectivity index (χ1n) is 5.64. The van der Waals surface area contributed by atoms with E-state index in [0.29, 0.717) is 0 Å². The van der Waals surface area contributed by atoms with E-state index >= 15 is 0 Å². The lowest BCUT2D eigenvalue weighted by Crippen LogP contribution is -2.41. The topological polar surface area (TPSA) is 65.5 Å². The summed E-state index contributed by atoms with van der Waals surface area (Å²) in [6.45, 7) is 2.83. The fraction of sp³-hybridized carbons (Fsp3) is 0.333. The highest BCUT2D eigenvalue weighted by atomic mass is 16.2. The lowest BCUT2D eigenvalue weighted by atomic mass is 10.2. The van der Waals surface area contributed by atoms with Crippen molar-refractivity contribution in [3.8, 4) is 0 Å². The number of hydrazone groups is 1. The highest BCUT2D eigenvalue weighted by molar-refractivity contribution is 5.85. The number of hydrazine groups is 1. The normalized spacial score (nSPS) is 19.7. The standard InChI is InChI=1S/C12H16N4O/c1-9-2-4-10(5-3-9)8-14-16-12(17)11-6-7-13-15-11/h2-5,8,11,13,15H,6-7H2,1H3,(H,16,17)/b14-8+. The molecule has 1 atom stereocenters. The Kier molecular flexibility index (Phi) is 3.85. The van der Waals surface area contributed by atoms with Gasteiger partial charge in [-0.25, -0.2) is 10.9 Å². The van der Waals surface area contributed by atoms with Gasteiger partial charge in [-0.3, -0.25) is 10.2 Å². The molecule has 1 amide bonds. The summed E-state index contributed by atoms with van der Waals surface area (Å²) in [5, 5.41) is 3.92. The number of nitrogens with zero attached hydrogens (tertiary/aromatic N) is 1. The van der Waals surface area contributed by atoms with Crippen molar-refractivity contribution in [2.45, 2.75) is 19.4 Å². The van der Waals surface area contributed by atoms with Gasteiger partial charge in [-0.05, 0) is 18.9 Å². The molecule has 1 heterocycles. The zero-order valence-corrected chi connectivity index (χ0v) is 9.73. The third kappa shape index (κ3) is 3.37. The molecule has 1 aliphatic heterocycles. The second-order valence-electron chi connectivity index (χ2n) is 4.06. The van der Waals surface area contributed by atoms with E-state index in [1.165, 1.54) is 5.56 Å². The van der Waals surface area contributed by atoms with E-state index in [1.807, 2.05) is 31.2 Å². The van der Waals surface area contributed by atoms with Crippen molar-refractivity contribution in [1.82, 2.24) is 16.3 Å². The van der Waals surface area contributed by atoms with Crippen molar-refractivity contribution in [2.75, 3.05) is 6.54 Å². The molecule has 3 N–H and O–H groups in total. The van der Waals surface area contributed by atoms with E-state index < -0.39 is 0 Å². The molecule has 1 unspecified atom stereocenters. The highest BCUT2D eigenvalue weighted by Gasteiger charge is 2.21. The van der Waals surface area contributed by atoms with E-state index in [9.17, 15) is 4.79 Å². The van der Waals surface area contributed by atoms with Crippen LogP contribution in [-0.4, -0.2) is 24.7 Å². The van der Waals surface area contributed by atoms with Gasteiger partial charge in [0.1, 0.15) is 6.04 Å². The SMILES string of the molecule is Cc1ccc(/C=N/NC(=O)C2CCNN2)cc1. The summed E-state index contributed by atoms with van der Waals surface area (Å²) >= 11 is 0. The first kappa shape index (κ1) is 11.8. The third-order valence-corrected chi connectivity index (χ3v) is 2.62. The molecule has 0 spiro atoms. The van der Waals surface area contributed by atoms with Gasteiger partial charge in [0, 0.05) is 6.54 Å². The Morgan fingerprint density at radius 1 is 1.47 bits per heavy atom. The molecule has 90 valence electrons.